The van der Waals surface area contributed by atoms with Crippen molar-refractivity contribution in [3.63, 3.8) is 0 Å². The van der Waals surface area contributed by atoms with Crippen LogP contribution in [-0.2, 0) is 0 Å². The van der Waals surface area contributed by atoms with Gasteiger partial charge in [0.1, 0.15) is 17.7 Å². The van der Waals surface area contributed by atoms with E-state index in [-0.39, 0.29) is 5.60 Å². The van der Waals surface area contributed by atoms with Crippen molar-refractivity contribution in [2.24, 2.45) is 0 Å². The summed E-state index contributed by atoms with van der Waals surface area (Å²) in [5.74, 6) is 1.42. The number of nitrogens with one attached hydrogen (secondary N) is 1. The predicted octanol–water partition coefficient (Wildman–Crippen LogP) is 2.48. The molecule has 1 N–H and O–H groups in total. The molecule has 0 aliphatic heterocycles. The van der Waals surface area contributed by atoms with Crippen LogP contribution in [0.15, 0.2) is 12.4 Å². The van der Waals surface area contributed by atoms with E-state index in [1.54, 1.807) is 0 Å². The Kier molecular flexibility index (Phi) is 3.88. The molecule has 0 unspecified atom stereocenters. The van der Waals surface area contributed by atoms with E-state index in [0.717, 1.165) is 18.8 Å². The fourth-order valence-corrected chi connectivity index (χ4v) is 1.03. The Morgan fingerprint density at radius 1 is 1.33 bits per heavy atom. The molecule has 0 aliphatic rings. The van der Waals surface area contributed by atoms with Crippen LogP contribution in [0, 0.1) is 0 Å². The summed E-state index contributed by atoms with van der Waals surface area (Å²) in [5, 5.41) is 3.12. The highest BCUT2D eigenvalue weighted by Crippen LogP contribution is 2.19. The largest absolute Gasteiger partial charge is 0.472 e. The first kappa shape index (κ1) is 11.8. The quantitative estimate of drug-likeness (QED) is 0.809. The van der Waals surface area contributed by atoms with Crippen LogP contribution in [0.2, 0.25) is 0 Å². The van der Waals surface area contributed by atoms with Crippen LogP contribution >= 0.6 is 0 Å². The van der Waals surface area contributed by atoms with Crippen molar-refractivity contribution < 1.29 is 4.74 Å². The molecule has 4 heteroatoms. The zero-order valence-electron chi connectivity index (χ0n) is 9.87. The van der Waals surface area contributed by atoms with Crippen molar-refractivity contribution in [1.29, 1.82) is 0 Å². The highest BCUT2D eigenvalue weighted by atomic mass is 16.5. The first-order chi connectivity index (χ1) is 7.07. The lowest BCUT2D eigenvalue weighted by molar-refractivity contribution is 0.0989. The molecular weight excluding hydrogens is 190 g/mol. The maximum Gasteiger partial charge on any atom is 0.218 e. The SMILES string of the molecule is CCNc1cc(OC(C)(C)CC)ncn1. The average molecular weight is 209 g/mol. The normalized spacial score (nSPS) is 11.2. The molecule has 1 rings (SSSR count). The summed E-state index contributed by atoms with van der Waals surface area (Å²) in [7, 11) is 0. The third-order valence-electron chi connectivity index (χ3n) is 2.23. The molecule has 0 amide bonds. The fraction of sp³-hybridized carbons (Fsp3) is 0.636. The molecule has 84 valence electrons. The molecule has 0 radical (unpaired) electrons. The number of ether oxygens (including phenoxy) is 1. The topological polar surface area (TPSA) is 47.0 Å². The van der Waals surface area contributed by atoms with Gasteiger partial charge in [-0.2, -0.15) is 0 Å². The minimum absolute atomic E-state index is 0.183. The van der Waals surface area contributed by atoms with Gasteiger partial charge >= 0.3 is 0 Å². The van der Waals surface area contributed by atoms with E-state index in [2.05, 4.69) is 22.2 Å². The Morgan fingerprint density at radius 2 is 2.07 bits per heavy atom. The average Bonchev–Trinajstić information content (AvgIpc) is 2.18. The number of nitrogens with zero attached hydrogens (tertiary/aromatic N) is 2. The molecule has 0 bridgehead atoms. The van der Waals surface area contributed by atoms with Gasteiger partial charge in [0.2, 0.25) is 5.88 Å². The zero-order chi connectivity index (χ0) is 11.3. The Bertz CT molecular complexity index is 312. The highest BCUT2D eigenvalue weighted by Gasteiger charge is 2.17. The van der Waals surface area contributed by atoms with Gasteiger partial charge in [0.05, 0.1) is 0 Å². The molecule has 4 nitrogen and oxygen atoms in total. The Morgan fingerprint density at radius 3 is 2.67 bits per heavy atom. The van der Waals surface area contributed by atoms with Gasteiger partial charge in [0, 0.05) is 12.6 Å². The second kappa shape index (κ2) is 4.96. The van der Waals surface area contributed by atoms with Crippen LogP contribution < -0.4 is 10.1 Å². The molecule has 0 spiro atoms. The number of rotatable bonds is 5. The lowest BCUT2D eigenvalue weighted by Crippen LogP contribution is -2.27. The van der Waals surface area contributed by atoms with Crippen molar-refractivity contribution in [2.75, 3.05) is 11.9 Å². The van der Waals surface area contributed by atoms with E-state index in [1.165, 1.54) is 6.33 Å². The van der Waals surface area contributed by atoms with Gasteiger partial charge < -0.3 is 10.1 Å². The summed E-state index contributed by atoms with van der Waals surface area (Å²) >= 11 is 0. The fourth-order valence-electron chi connectivity index (χ4n) is 1.03. The van der Waals surface area contributed by atoms with Crippen molar-refractivity contribution in [2.45, 2.75) is 39.7 Å². The van der Waals surface area contributed by atoms with Crippen molar-refractivity contribution >= 4 is 5.82 Å². The van der Waals surface area contributed by atoms with Crippen LogP contribution in [-0.4, -0.2) is 22.1 Å². The molecule has 0 aromatic carbocycles. The molecule has 0 atom stereocenters. The van der Waals surface area contributed by atoms with Crippen LogP contribution in [0.25, 0.3) is 0 Å². The van der Waals surface area contributed by atoms with Crippen LogP contribution in [0.4, 0.5) is 5.82 Å². The molecule has 0 aliphatic carbocycles. The Labute approximate surface area is 91.1 Å². The van der Waals surface area contributed by atoms with Crippen LogP contribution in [0.1, 0.15) is 34.1 Å². The summed E-state index contributed by atoms with van der Waals surface area (Å²) in [4.78, 5) is 8.16. The van der Waals surface area contributed by atoms with E-state index in [9.17, 15) is 0 Å². The van der Waals surface area contributed by atoms with Crippen LogP contribution in [0.3, 0.4) is 0 Å². The molecule has 1 aromatic heterocycles. The standard InChI is InChI=1S/C11H19N3O/c1-5-11(3,4)15-10-7-9(12-6-2)13-8-14-10/h7-8H,5-6H2,1-4H3,(H,12,13,14). The lowest BCUT2D eigenvalue weighted by Gasteiger charge is -2.23. The third-order valence-corrected chi connectivity index (χ3v) is 2.23. The van der Waals surface area contributed by atoms with E-state index in [1.807, 2.05) is 26.8 Å². The molecule has 1 heterocycles. The first-order valence-electron chi connectivity index (χ1n) is 5.32. The minimum Gasteiger partial charge on any atom is -0.472 e. The second-order valence-electron chi connectivity index (χ2n) is 3.99. The highest BCUT2D eigenvalue weighted by molar-refractivity contribution is 5.36. The number of anilines is 1. The summed E-state index contributed by atoms with van der Waals surface area (Å²) < 4.78 is 5.75. The maximum atomic E-state index is 5.75. The van der Waals surface area contributed by atoms with Gasteiger partial charge in [-0.25, -0.2) is 9.97 Å². The molecule has 0 fully saturated rings. The first-order valence-corrected chi connectivity index (χ1v) is 5.32. The minimum atomic E-state index is -0.183. The monoisotopic (exact) mass is 209 g/mol. The van der Waals surface area contributed by atoms with Gasteiger partial charge in [0.25, 0.3) is 0 Å². The van der Waals surface area contributed by atoms with E-state index in [0.29, 0.717) is 5.88 Å². The second-order valence-corrected chi connectivity index (χ2v) is 3.99. The lowest BCUT2D eigenvalue weighted by atomic mass is 10.1. The molecule has 0 saturated carbocycles. The van der Waals surface area contributed by atoms with Crippen molar-refractivity contribution in [3.8, 4) is 5.88 Å². The van der Waals surface area contributed by atoms with E-state index >= 15 is 0 Å². The van der Waals surface area contributed by atoms with E-state index in [4.69, 9.17) is 4.74 Å². The van der Waals surface area contributed by atoms with E-state index < -0.39 is 0 Å². The van der Waals surface area contributed by atoms with Gasteiger partial charge in [0.15, 0.2) is 0 Å². The summed E-state index contributed by atoms with van der Waals surface area (Å²) in [6.45, 7) is 9.04. The molecule has 15 heavy (non-hydrogen) atoms. The Hall–Kier alpha value is -1.32. The summed E-state index contributed by atoms with van der Waals surface area (Å²) in [5.41, 5.74) is -0.183. The summed E-state index contributed by atoms with van der Waals surface area (Å²) in [6, 6.07) is 1.82. The van der Waals surface area contributed by atoms with Crippen molar-refractivity contribution in [1.82, 2.24) is 9.97 Å². The van der Waals surface area contributed by atoms with Gasteiger partial charge in [-0.05, 0) is 27.2 Å². The third kappa shape index (κ3) is 3.73. The Balaban J connectivity index is 2.73. The zero-order valence-corrected chi connectivity index (χ0v) is 9.87. The van der Waals surface area contributed by atoms with Gasteiger partial charge in [-0.1, -0.05) is 6.92 Å². The molecule has 1 aromatic rings. The van der Waals surface area contributed by atoms with Crippen LogP contribution in [0.5, 0.6) is 5.88 Å². The molecule has 0 saturated heterocycles. The number of aromatic nitrogens is 2. The smallest absolute Gasteiger partial charge is 0.218 e. The van der Waals surface area contributed by atoms with Crippen molar-refractivity contribution in [3.05, 3.63) is 12.4 Å². The maximum absolute atomic E-state index is 5.75. The van der Waals surface area contributed by atoms with Gasteiger partial charge in [-0.15, -0.1) is 0 Å². The predicted molar refractivity (Wildman–Crippen MR) is 61.2 cm³/mol. The number of hydrogen-bond donors (Lipinski definition) is 1. The molecular formula is C11H19N3O. The number of hydrogen-bond acceptors (Lipinski definition) is 4. The van der Waals surface area contributed by atoms with Gasteiger partial charge in [-0.3, -0.25) is 0 Å². The summed E-state index contributed by atoms with van der Waals surface area (Å²) in [6.07, 6.45) is 2.45.